The quantitative estimate of drug-likeness (QED) is 0.615. The Morgan fingerprint density at radius 3 is 0.600 bits per heavy atom. The van der Waals surface area contributed by atoms with Crippen LogP contribution in [0.5, 0.6) is 0 Å². The molecule has 0 atom stereocenters. The van der Waals surface area contributed by atoms with Crippen molar-refractivity contribution in [3.8, 4) is 0 Å². The van der Waals surface area contributed by atoms with Gasteiger partial charge in [-0.3, -0.25) is 0 Å². The fourth-order valence-electron chi connectivity index (χ4n) is 0. The zero-order valence-corrected chi connectivity index (χ0v) is 5.17. The van der Waals surface area contributed by atoms with Gasteiger partial charge >= 0.3 is 44.8 Å². The average molecular weight is 267 g/mol. The van der Waals surface area contributed by atoms with Crippen LogP contribution in [0.25, 0.3) is 0 Å². The SMILES string of the molecule is N.[Ag+].[Ag+].[OH-].[OH-]. The van der Waals surface area contributed by atoms with Gasteiger partial charge in [0.05, 0.1) is 0 Å². The molecule has 0 heterocycles. The second-order valence-electron chi connectivity index (χ2n) is 0. The molecule has 0 radical (unpaired) electrons. The van der Waals surface area contributed by atoms with Crippen LogP contribution in [0, 0.1) is 0 Å². The smallest absolute Gasteiger partial charge is 0.870 e. The topological polar surface area (TPSA) is 95.0 Å². The Balaban J connectivity index is 0. The third-order valence-electron chi connectivity index (χ3n) is 0. The first-order valence-electron chi connectivity index (χ1n) is 0. The molecule has 5 heavy (non-hydrogen) atoms. The van der Waals surface area contributed by atoms with E-state index < -0.39 is 0 Å². The molecule has 0 bridgehead atoms. The summed E-state index contributed by atoms with van der Waals surface area (Å²) in [6.07, 6.45) is 0. The third kappa shape index (κ3) is 32.7. The van der Waals surface area contributed by atoms with Crippen molar-refractivity contribution in [3.05, 3.63) is 0 Å². The van der Waals surface area contributed by atoms with Crippen molar-refractivity contribution in [2.45, 2.75) is 0 Å². The predicted molar refractivity (Wildman–Crippen MR) is 8.89 cm³/mol. The van der Waals surface area contributed by atoms with Crippen molar-refractivity contribution in [2.24, 2.45) is 0 Å². The van der Waals surface area contributed by atoms with Gasteiger partial charge in [0.1, 0.15) is 0 Å². The largest absolute Gasteiger partial charge is 1.00 e. The predicted octanol–water partition coefficient (Wildman–Crippen LogP) is -0.197. The number of hydrogen-bond donors (Lipinski definition) is 1. The number of hydrogen-bond acceptors (Lipinski definition) is 3. The summed E-state index contributed by atoms with van der Waals surface area (Å²) in [7, 11) is 0. The normalized spacial score (nSPS) is 0. The fourth-order valence-corrected chi connectivity index (χ4v) is 0. The maximum Gasteiger partial charge on any atom is 1.00 e. The minimum Gasteiger partial charge on any atom is -0.870 e. The molecule has 0 saturated carbocycles. The van der Waals surface area contributed by atoms with E-state index in [2.05, 4.69) is 0 Å². The van der Waals surface area contributed by atoms with Crippen LogP contribution < -0.4 is 6.15 Å². The summed E-state index contributed by atoms with van der Waals surface area (Å²) < 4.78 is 0. The van der Waals surface area contributed by atoms with Crippen molar-refractivity contribution < 1.29 is 55.7 Å². The summed E-state index contributed by atoms with van der Waals surface area (Å²) >= 11 is 0. The molecule has 0 aliphatic heterocycles. The summed E-state index contributed by atoms with van der Waals surface area (Å²) in [5.74, 6) is 0. The van der Waals surface area contributed by atoms with E-state index in [0.717, 1.165) is 0 Å². The van der Waals surface area contributed by atoms with Gasteiger partial charge in [-0.1, -0.05) is 0 Å². The Bertz CT molecular complexity index is 7.61. The maximum atomic E-state index is 0. The van der Waals surface area contributed by atoms with Crippen molar-refractivity contribution >= 4 is 0 Å². The summed E-state index contributed by atoms with van der Waals surface area (Å²) in [6.45, 7) is 0. The van der Waals surface area contributed by atoms with Gasteiger partial charge < -0.3 is 17.1 Å². The Hall–Kier alpha value is 1.36. The van der Waals surface area contributed by atoms with Gasteiger partial charge in [-0.2, -0.15) is 0 Å². The van der Waals surface area contributed by atoms with Crippen molar-refractivity contribution in [2.75, 3.05) is 0 Å². The molecule has 44 valence electrons. The number of rotatable bonds is 0. The van der Waals surface area contributed by atoms with Gasteiger partial charge in [0.25, 0.3) is 0 Å². The van der Waals surface area contributed by atoms with E-state index in [-0.39, 0.29) is 61.9 Å². The Labute approximate surface area is 61.7 Å². The molecular weight excluding hydrogens is 262 g/mol. The molecule has 5 N–H and O–H groups in total. The average Bonchev–Trinajstić information content (AvgIpc) is 0. The van der Waals surface area contributed by atoms with Crippen LogP contribution in [0.4, 0.5) is 0 Å². The Kier molecular flexibility index (Phi) is 1090. The molecule has 3 nitrogen and oxygen atoms in total. The van der Waals surface area contributed by atoms with Crippen LogP contribution in [0.15, 0.2) is 0 Å². The first-order chi connectivity index (χ1) is 0. The third-order valence-corrected chi connectivity index (χ3v) is 0. The van der Waals surface area contributed by atoms with Gasteiger partial charge in [-0.15, -0.1) is 0 Å². The zero-order chi connectivity index (χ0) is 0. The maximum absolute atomic E-state index is 0. The zero-order valence-electron chi connectivity index (χ0n) is 2.20. The summed E-state index contributed by atoms with van der Waals surface area (Å²) in [5.41, 5.74) is 0. The van der Waals surface area contributed by atoms with E-state index >= 15 is 0 Å². The second-order valence-corrected chi connectivity index (χ2v) is 0. The van der Waals surface area contributed by atoms with Crippen molar-refractivity contribution in [3.63, 3.8) is 0 Å². The molecule has 0 aliphatic rings. The molecule has 0 aromatic heterocycles. The van der Waals surface area contributed by atoms with Crippen molar-refractivity contribution in [1.82, 2.24) is 6.15 Å². The molecule has 0 amide bonds. The van der Waals surface area contributed by atoms with E-state index in [0.29, 0.717) is 0 Å². The van der Waals surface area contributed by atoms with Crippen molar-refractivity contribution in [1.29, 1.82) is 0 Å². The summed E-state index contributed by atoms with van der Waals surface area (Å²) in [4.78, 5) is 0. The van der Waals surface area contributed by atoms with E-state index in [1.54, 1.807) is 0 Å². The van der Waals surface area contributed by atoms with E-state index in [1.807, 2.05) is 0 Å². The minimum absolute atomic E-state index is 0. The first kappa shape index (κ1) is 98.7. The van der Waals surface area contributed by atoms with Gasteiger partial charge in [0.2, 0.25) is 0 Å². The molecule has 5 heteroatoms. The summed E-state index contributed by atoms with van der Waals surface area (Å²) in [5, 5.41) is 0. The van der Waals surface area contributed by atoms with Gasteiger partial charge in [0, 0.05) is 0 Å². The molecule has 0 aliphatic carbocycles. The molecule has 0 aromatic rings. The van der Waals surface area contributed by atoms with Crippen LogP contribution in [-0.4, -0.2) is 11.0 Å². The monoisotopic (exact) mass is 265 g/mol. The molecule has 0 saturated heterocycles. The van der Waals surface area contributed by atoms with E-state index in [1.165, 1.54) is 0 Å². The van der Waals surface area contributed by atoms with Gasteiger partial charge in [0.15, 0.2) is 0 Å². The summed E-state index contributed by atoms with van der Waals surface area (Å²) in [6, 6.07) is 0. The van der Waals surface area contributed by atoms with Crippen LogP contribution in [0.3, 0.4) is 0 Å². The molecule has 0 rings (SSSR count). The first-order valence-corrected chi connectivity index (χ1v) is 0. The van der Waals surface area contributed by atoms with E-state index in [9.17, 15) is 0 Å². The van der Waals surface area contributed by atoms with Crippen LogP contribution in [-0.2, 0) is 44.8 Å². The molecule has 0 unspecified atom stereocenters. The molecule has 0 fully saturated rings. The van der Waals surface area contributed by atoms with Crippen LogP contribution in [0.1, 0.15) is 0 Å². The van der Waals surface area contributed by atoms with Crippen LogP contribution >= 0.6 is 0 Å². The van der Waals surface area contributed by atoms with E-state index in [4.69, 9.17) is 0 Å². The standard InChI is InChI=1S/2Ag.H3N.2H2O/h;;1H3;2*1H2/q2*+1;;;/p-2. The fraction of sp³-hybridized carbons (Fsp3) is 0. The molecule has 0 aromatic carbocycles. The Morgan fingerprint density at radius 1 is 0.600 bits per heavy atom. The second kappa shape index (κ2) is 55.1. The van der Waals surface area contributed by atoms with Gasteiger partial charge in [-0.25, -0.2) is 0 Å². The Morgan fingerprint density at radius 2 is 0.600 bits per heavy atom. The molecule has 0 spiro atoms. The molecular formula is H5Ag2NO2. The minimum atomic E-state index is 0. The van der Waals surface area contributed by atoms with Gasteiger partial charge in [-0.05, 0) is 0 Å². The van der Waals surface area contributed by atoms with Crippen LogP contribution in [0.2, 0.25) is 0 Å².